The fraction of sp³-hybridized carbons (Fsp3) is 0.241. The first-order chi connectivity index (χ1) is 18.1. The van der Waals surface area contributed by atoms with E-state index in [-0.39, 0.29) is 30.7 Å². The van der Waals surface area contributed by atoms with E-state index in [9.17, 15) is 14.0 Å². The normalized spacial score (nSPS) is 20.7. The summed E-state index contributed by atoms with van der Waals surface area (Å²) in [5.74, 6) is 0.735. The van der Waals surface area contributed by atoms with E-state index < -0.39 is 12.1 Å². The van der Waals surface area contributed by atoms with Gasteiger partial charge in [0.2, 0.25) is 11.8 Å². The molecule has 2 amide bonds. The summed E-state index contributed by atoms with van der Waals surface area (Å²) < 4.78 is 25.0. The first kappa shape index (κ1) is 21.9. The van der Waals surface area contributed by atoms with Crippen molar-refractivity contribution < 1.29 is 23.5 Å². The van der Waals surface area contributed by atoms with Crippen LogP contribution < -0.4 is 9.47 Å². The number of ether oxygens (including phenoxy) is 2. The predicted octanol–water partition coefficient (Wildman–Crippen LogP) is 3.96. The van der Waals surface area contributed by atoms with Gasteiger partial charge in [-0.2, -0.15) is 0 Å². The van der Waals surface area contributed by atoms with Gasteiger partial charge in [0.05, 0.1) is 6.04 Å². The second kappa shape index (κ2) is 8.37. The summed E-state index contributed by atoms with van der Waals surface area (Å²) >= 11 is 0. The molecule has 0 bridgehead atoms. The molecular weight excluding hydrogens is 473 g/mol. The average molecular weight is 498 g/mol. The molecular formula is C29H24FN3O4. The number of aromatic amines is 1. The van der Waals surface area contributed by atoms with Crippen molar-refractivity contribution in [3.05, 3.63) is 94.9 Å². The maximum atomic E-state index is 13.9. The van der Waals surface area contributed by atoms with E-state index in [0.717, 1.165) is 33.3 Å². The number of amides is 2. The molecule has 7 nitrogen and oxygen atoms in total. The number of carbonyl (C=O) groups excluding carboxylic acids is 2. The second-order valence-electron chi connectivity index (χ2n) is 9.71. The van der Waals surface area contributed by atoms with Crippen LogP contribution in [0.25, 0.3) is 10.9 Å². The highest BCUT2D eigenvalue weighted by Gasteiger charge is 2.48. The number of hydrogen-bond acceptors (Lipinski definition) is 4. The molecule has 3 aliphatic rings. The van der Waals surface area contributed by atoms with Crippen LogP contribution in [0.3, 0.4) is 0 Å². The van der Waals surface area contributed by atoms with Crippen molar-refractivity contribution in [1.82, 2.24) is 14.8 Å². The Morgan fingerprint density at radius 3 is 2.57 bits per heavy atom. The average Bonchev–Trinajstić information content (AvgIpc) is 3.30. The zero-order valence-electron chi connectivity index (χ0n) is 19.9. The second-order valence-corrected chi connectivity index (χ2v) is 9.71. The summed E-state index contributed by atoms with van der Waals surface area (Å²) in [4.78, 5) is 34.4. The highest BCUT2D eigenvalue weighted by atomic mass is 19.1. The van der Waals surface area contributed by atoms with Crippen LogP contribution in [0, 0.1) is 5.82 Å². The largest absolute Gasteiger partial charge is 0.486 e. The molecule has 1 N–H and O–H groups in total. The number of rotatable bonds is 3. The third-order valence-electron chi connectivity index (χ3n) is 7.51. The van der Waals surface area contributed by atoms with Gasteiger partial charge in [-0.05, 0) is 47.0 Å². The molecule has 2 atom stereocenters. The quantitative estimate of drug-likeness (QED) is 0.465. The molecule has 4 aromatic rings. The van der Waals surface area contributed by atoms with Crippen LogP contribution >= 0.6 is 0 Å². The van der Waals surface area contributed by atoms with Crippen LogP contribution in [0.1, 0.15) is 28.4 Å². The predicted molar refractivity (Wildman–Crippen MR) is 134 cm³/mol. The Bertz CT molecular complexity index is 1550. The summed E-state index contributed by atoms with van der Waals surface area (Å²) in [6, 6.07) is 18.7. The lowest BCUT2D eigenvalue weighted by Gasteiger charge is -2.47. The highest BCUT2D eigenvalue weighted by molar-refractivity contribution is 5.97. The van der Waals surface area contributed by atoms with Gasteiger partial charge in [-0.3, -0.25) is 9.59 Å². The van der Waals surface area contributed by atoms with Crippen molar-refractivity contribution in [2.45, 2.75) is 25.0 Å². The molecule has 0 saturated carbocycles. The third kappa shape index (κ3) is 3.55. The van der Waals surface area contributed by atoms with Crippen molar-refractivity contribution >= 4 is 22.7 Å². The molecule has 7 rings (SSSR count). The Hall–Kier alpha value is -4.33. The van der Waals surface area contributed by atoms with Gasteiger partial charge in [-0.15, -0.1) is 0 Å². The van der Waals surface area contributed by atoms with Gasteiger partial charge in [-0.25, -0.2) is 4.39 Å². The van der Waals surface area contributed by atoms with E-state index in [2.05, 4.69) is 4.98 Å². The summed E-state index contributed by atoms with van der Waals surface area (Å²) in [7, 11) is 0. The first-order valence-electron chi connectivity index (χ1n) is 12.4. The van der Waals surface area contributed by atoms with E-state index in [0.29, 0.717) is 31.1 Å². The van der Waals surface area contributed by atoms with E-state index >= 15 is 0 Å². The maximum Gasteiger partial charge on any atom is 0.246 e. The number of fused-ring (bicyclic) bond motifs is 5. The fourth-order valence-corrected chi connectivity index (χ4v) is 5.84. The van der Waals surface area contributed by atoms with E-state index in [1.807, 2.05) is 42.5 Å². The van der Waals surface area contributed by atoms with Gasteiger partial charge in [-0.1, -0.05) is 36.4 Å². The minimum absolute atomic E-state index is 0.0384. The van der Waals surface area contributed by atoms with Gasteiger partial charge in [0.25, 0.3) is 0 Å². The van der Waals surface area contributed by atoms with E-state index in [1.54, 1.807) is 21.9 Å². The van der Waals surface area contributed by atoms with Crippen molar-refractivity contribution in [3.8, 4) is 11.5 Å². The van der Waals surface area contributed by atoms with Crippen molar-refractivity contribution in [1.29, 1.82) is 0 Å². The Kier molecular flexibility index (Phi) is 4.96. The minimum atomic E-state index is -0.647. The molecule has 3 aromatic carbocycles. The highest BCUT2D eigenvalue weighted by Crippen LogP contribution is 2.44. The molecule has 0 spiro atoms. The number of hydrogen-bond donors (Lipinski definition) is 1. The summed E-state index contributed by atoms with van der Waals surface area (Å²) in [5, 5.41) is 1.05. The molecule has 0 aliphatic carbocycles. The van der Waals surface area contributed by atoms with Gasteiger partial charge < -0.3 is 24.3 Å². The number of aromatic nitrogens is 1. The molecule has 1 fully saturated rings. The van der Waals surface area contributed by atoms with Gasteiger partial charge >= 0.3 is 0 Å². The SMILES string of the molecule is O=C1[C@@H]2Cc3c([nH]c4ccccc34)[C@H](c3ccc4c(c3)OCCO4)N2C(=O)CN1Cc1ccc(F)cc1. The van der Waals surface area contributed by atoms with Crippen LogP contribution in [-0.4, -0.2) is 52.4 Å². The zero-order valence-corrected chi connectivity index (χ0v) is 19.9. The summed E-state index contributed by atoms with van der Waals surface area (Å²) in [6.45, 7) is 1.17. The van der Waals surface area contributed by atoms with Gasteiger partial charge in [0.1, 0.15) is 31.6 Å². The molecule has 8 heteroatoms. The number of H-pyrrole nitrogens is 1. The summed E-state index contributed by atoms with van der Waals surface area (Å²) in [5.41, 5.74) is 4.57. The third-order valence-corrected chi connectivity index (χ3v) is 7.51. The molecule has 1 saturated heterocycles. The number of nitrogens with zero attached hydrogens (tertiary/aromatic N) is 2. The van der Waals surface area contributed by atoms with Gasteiger partial charge in [0, 0.05) is 29.6 Å². The standard InChI is InChI=1S/C29H24FN3O4/c30-19-8-5-17(6-9-19)15-32-16-26(34)33-23(29(32)35)14-21-20-3-1-2-4-22(20)31-27(21)28(33)18-7-10-24-25(13-18)37-12-11-36-24/h1-10,13,23,28,31H,11-12,14-16H2/t23-,28-/m0/s1. The maximum absolute atomic E-state index is 13.9. The van der Waals surface area contributed by atoms with Crippen LogP contribution in [0.2, 0.25) is 0 Å². The van der Waals surface area contributed by atoms with Crippen molar-refractivity contribution in [2.24, 2.45) is 0 Å². The molecule has 0 unspecified atom stereocenters. The Morgan fingerprint density at radius 1 is 0.946 bits per heavy atom. The lowest BCUT2D eigenvalue weighted by atomic mass is 9.86. The monoisotopic (exact) mass is 497 g/mol. The number of carbonyl (C=O) groups is 2. The number of nitrogens with one attached hydrogen (secondary N) is 1. The lowest BCUT2D eigenvalue weighted by molar-refractivity contribution is -0.159. The van der Waals surface area contributed by atoms with Crippen LogP contribution in [0.15, 0.2) is 66.7 Å². The Morgan fingerprint density at radius 2 is 1.73 bits per heavy atom. The summed E-state index contributed by atoms with van der Waals surface area (Å²) in [6.07, 6.45) is 0.422. The number of halogens is 1. The first-order valence-corrected chi connectivity index (χ1v) is 12.4. The van der Waals surface area contributed by atoms with Crippen LogP contribution in [-0.2, 0) is 22.6 Å². The van der Waals surface area contributed by atoms with Crippen LogP contribution in [0.4, 0.5) is 4.39 Å². The molecule has 4 heterocycles. The van der Waals surface area contributed by atoms with Crippen molar-refractivity contribution in [3.63, 3.8) is 0 Å². The van der Waals surface area contributed by atoms with Crippen molar-refractivity contribution in [2.75, 3.05) is 19.8 Å². The molecule has 1 aromatic heterocycles. The molecule has 37 heavy (non-hydrogen) atoms. The van der Waals surface area contributed by atoms with E-state index in [1.165, 1.54) is 12.1 Å². The van der Waals surface area contributed by atoms with E-state index in [4.69, 9.17) is 9.47 Å². The number of para-hydroxylation sites is 1. The Labute approximate surface area is 212 Å². The zero-order chi connectivity index (χ0) is 25.1. The molecule has 186 valence electrons. The Balaban J connectivity index is 1.33. The lowest BCUT2D eigenvalue weighted by Crippen LogP contribution is -2.62. The number of piperazine rings is 1. The fourth-order valence-electron chi connectivity index (χ4n) is 5.84. The van der Waals surface area contributed by atoms with Crippen LogP contribution in [0.5, 0.6) is 11.5 Å². The smallest absolute Gasteiger partial charge is 0.246 e. The topological polar surface area (TPSA) is 74.9 Å². The molecule has 0 radical (unpaired) electrons. The number of benzene rings is 3. The minimum Gasteiger partial charge on any atom is -0.486 e. The molecule has 3 aliphatic heterocycles. The van der Waals surface area contributed by atoms with Gasteiger partial charge in [0.15, 0.2) is 11.5 Å².